The van der Waals surface area contributed by atoms with Gasteiger partial charge in [0.15, 0.2) is 0 Å². The summed E-state index contributed by atoms with van der Waals surface area (Å²) in [5, 5.41) is 21.8. The summed E-state index contributed by atoms with van der Waals surface area (Å²) in [4.78, 5) is 0. The molecule has 1 aromatic rings. The smallest absolute Gasteiger partial charge is 0.0799 e. The van der Waals surface area contributed by atoms with E-state index < -0.39 is 20.3 Å². The highest BCUT2D eigenvalue weighted by atomic mass is 28.3. The molecule has 2 atom stereocenters. The molecule has 3 heteroatoms. The summed E-state index contributed by atoms with van der Waals surface area (Å²) in [7, 11) is -1.50. The number of hydrogen-bond acceptors (Lipinski definition) is 2. The second-order valence-corrected chi connectivity index (χ2v) is 13.4. The van der Waals surface area contributed by atoms with Crippen molar-refractivity contribution in [3.8, 4) is 0 Å². The maximum Gasteiger partial charge on any atom is 0.0799 e. The summed E-state index contributed by atoms with van der Waals surface area (Å²) in [5.41, 5.74) is 4.38. The second kappa shape index (κ2) is 8.98. The molecule has 24 heavy (non-hydrogen) atoms. The number of rotatable bonds is 7. The number of benzene rings is 1. The maximum atomic E-state index is 11.0. The molecule has 0 saturated heterocycles. The molecule has 0 radical (unpaired) electrons. The monoisotopic (exact) mass is 346 g/mol. The molecule has 0 bridgehead atoms. The Morgan fingerprint density at radius 2 is 1.71 bits per heavy atom. The normalized spacial score (nSPS) is 20.0. The molecule has 0 aromatic heterocycles. The predicted molar refractivity (Wildman–Crippen MR) is 105 cm³/mol. The van der Waals surface area contributed by atoms with Crippen LogP contribution in [0.15, 0.2) is 41.6 Å². The van der Waals surface area contributed by atoms with E-state index in [-0.39, 0.29) is 0 Å². The van der Waals surface area contributed by atoms with Crippen molar-refractivity contribution in [1.29, 1.82) is 0 Å². The van der Waals surface area contributed by atoms with Crippen molar-refractivity contribution in [3.05, 3.63) is 47.2 Å². The molecule has 1 aromatic carbocycles. The Labute approximate surface area is 148 Å². The molecule has 2 N–H and O–H groups in total. The van der Waals surface area contributed by atoms with Crippen LogP contribution in [0.3, 0.4) is 0 Å². The first-order chi connectivity index (χ1) is 11.4. The summed E-state index contributed by atoms with van der Waals surface area (Å²) >= 11 is 0. The fraction of sp³-hybridized carbons (Fsp3) is 0.619. The zero-order valence-corrected chi connectivity index (χ0v) is 16.5. The highest BCUT2D eigenvalue weighted by molar-refractivity contribution is 6.81. The minimum Gasteiger partial charge on any atom is -0.389 e. The molecule has 0 amide bonds. The van der Waals surface area contributed by atoms with Crippen LogP contribution in [0.4, 0.5) is 0 Å². The van der Waals surface area contributed by atoms with E-state index in [0.29, 0.717) is 12.3 Å². The minimum atomic E-state index is -1.50. The fourth-order valence-electron chi connectivity index (χ4n) is 3.72. The van der Waals surface area contributed by atoms with Gasteiger partial charge in [0, 0.05) is 0 Å². The summed E-state index contributed by atoms with van der Waals surface area (Å²) < 4.78 is 0. The number of aliphatic hydroxyl groups excluding tert-OH is 2. The Morgan fingerprint density at radius 1 is 1.08 bits per heavy atom. The van der Waals surface area contributed by atoms with Crippen molar-refractivity contribution < 1.29 is 10.2 Å². The van der Waals surface area contributed by atoms with Crippen molar-refractivity contribution in [2.24, 2.45) is 5.92 Å². The van der Waals surface area contributed by atoms with Crippen molar-refractivity contribution in [2.45, 2.75) is 76.8 Å². The van der Waals surface area contributed by atoms with Crippen molar-refractivity contribution in [2.75, 3.05) is 0 Å². The molecule has 0 unspecified atom stereocenters. The molecular formula is C21H34O2Si. The zero-order valence-electron chi connectivity index (χ0n) is 15.5. The van der Waals surface area contributed by atoms with Gasteiger partial charge in [-0.2, -0.15) is 0 Å². The van der Waals surface area contributed by atoms with E-state index >= 15 is 0 Å². The molecule has 1 aliphatic rings. The van der Waals surface area contributed by atoms with Crippen LogP contribution < -0.4 is 0 Å². The van der Waals surface area contributed by atoms with E-state index in [1.54, 1.807) is 0 Å². The summed E-state index contributed by atoms with van der Waals surface area (Å²) in [6, 6.07) is 10.3. The molecule has 134 valence electrons. The molecule has 2 rings (SSSR count). The van der Waals surface area contributed by atoms with E-state index in [4.69, 9.17) is 0 Å². The number of aryl methyl sites for hydroxylation is 1. The molecule has 0 spiro atoms. The third-order valence-corrected chi connectivity index (χ3v) is 6.17. The van der Waals surface area contributed by atoms with Gasteiger partial charge in [-0.1, -0.05) is 74.9 Å². The van der Waals surface area contributed by atoms with Crippen LogP contribution >= 0.6 is 0 Å². The average molecular weight is 347 g/mol. The zero-order chi connectivity index (χ0) is 17.6. The van der Waals surface area contributed by atoms with Gasteiger partial charge in [0.05, 0.1) is 20.3 Å². The molecule has 1 aliphatic carbocycles. The molecule has 0 aliphatic heterocycles. The van der Waals surface area contributed by atoms with Crippen LogP contribution in [0.5, 0.6) is 0 Å². The van der Waals surface area contributed by atoms with Crippen LogP contribution in [0.25, 0.3) is 0 Å². The average Bonchev–Trinajstić information content (AvgIpc) is 2.58. The lowest BCUT2D eigenvalue weighted by Crippen LogP contribution is -2.33. The number of aliphatic hydroxyl groups is 2. The van der Waals surface area contributed by atoms with Crippen LogP contribution in [0, 0.1) is 5.92 Å². The van der Waals surface area contributed by atoms with Gasteiger partial charge in [0.25, 0.3) is 0 Å². The Hall–Kier alpha value is -0.903. The van der Waals surface area contributed by atoms with E-state index in [1.807, 2.05) is 18.2 Å². The van der Waals surface area contributed by atoms with Gasteiger partial charge in [-0.25, -0.2) is 0 Å². The molecule has 0 heterocycles. The fourth-order valence-corrected chi connectivity index (χ4v) is 5.08. The molecule has 2 nitrogen and oxygen atoms in total. The standard InChI is InChI=1S/C21H34O2Si/c1-24(2,3)16-19(21(23)18-12-8-5-9-13-18)20(22)15-14-17-10-6-4-7-11-17/h4,6-7,10-11,16,18,20-23H,5,8-9,12-15H2,1-3H3/b19-16+/t20-,21+/m1/s1. The van der Waals surface area contributed by atoms with Crippen LogP contribution in [0.1, 0.15) is 44.1 Å². The highest BCUT2D eigenvalue weighted by Crippen LogP contribution is 2.32. The third kappa shape index (κ3) is 6.19. The molecule has 1 fully saturated rings. The van der Waals surface area contributed by atoms with Gasteiger partial charge in [-0.05, 0) is 42.7 Å². The second-order valence-electron chi connectivity index (χ2n) is 8.39. The lowest BCUT2D eigenvalue weighted by atomic mass is 9.81. The van der Waals surface area contributed by atoms with Gasteiger partial charge < -0.3 is 10.2 Å². The first kappa shape index (κ1) is 19.4. The summed E-state index contributed by atoms with van der Waals surface area (Å²) in [6.45, 7) is 6.81. The number of hydrogen-bond donors (Lipinski definition) is 2. The van der Waals surface area contributed by atoms with E-state index in [9.17, 15) is 10.2 Å². The van der Waals surface area contributed by atoms with Gasteiger partial charge in [0.2, 0.25) is 0 Å². The Balaban J connectivity index is 2.08. The Bertz CT molecular complexity index is 512. The quantitative estimate of drug-likeness (QED) is 0.701. The molecule has 1 saturated carbocycles. The summed E-state index contributed by atoms with van der Waals surface area (Å²) in [6.07, 6.45) is 6.42. The van der Waals surface area contributed by atoms with Crippen LogP contribution in [0.2, 0.25) is 19.6 Å². The maximum absolute atomic E-state index is 11.0. The van der Waals surface area contributed by atoms with Gasteiger partial charge in [-0.15, -0.1) is 0 Å². The van der Waals surface area contributed by atoms with E-state index in [0.717, 1.165) is 24.8 Å². The summed E-state index contributed by atoms with van der Waals surface area (Å²) in [5.74, 6) is 0.327. The largest absolute Gasteiger partial charge is 0.389 e. The van der Waals surface area contributed by atoms with Crippen LogP contribution in [-0.2, 0) is 6.42 Å². The van der Waals surface area contributed by atoms with Crippen LogP contribution in [-0.4, -0.2) is 30.5 Å². The van der Waals surface area contributed by atoms with Crippen molar-refractivity contribution in [3.63, 3.8) is 0 Å². The lowest BCUT2D eigenvalue weighted by molar-refractivity contribution is 0.0817. The van der Waals surface area contributed by atoms with Gasteiger partial charge >= 0.3 is 0 Å². The van der Waals surface area contributed by atoms with Gasteiger partial charge in [-0.3, -0.25) is 0 Å². The third-order valence-electron chi connectivity index (χ3n) is 4.97. The first-order valence-electron chi connectivity index (χ1n) is 9.49. The van der Waals surface area contributed by atoms with Gasteiger partial charge in [0.1, 0.15) is 0 Å². The Kier molecular flexibility index (Phi) is 7.27. The van der Waals surface area contributed by atoms with E-state index in [2.05, 4.69) is 37.5 Å². The van der Waals surface area contributed by atoms with E-state index in [1.165, 1.54) is 24.8 Å². The lowest BCUT2D eigenvalue weighted by Gasteiger charge is -2.32. The van der Waals surface area contributed by atoms with Crippen molar-refractivity contribution >= 4 is 8.07 Å². The highest BCUT2D eigenvalue weighted by Gasteiger charge is 2.29. The Morgan fingerprint density at radius 3 is 2.29 bits per heavy atom. The van der Waals surface area contributed by atoms with Crippen molar-refractivity contribution in [1.82, 2.24) is 0 Å². The first-order valence-corrected chi connectivity index (χ1v) is 13.1. The minimum absolute atomic E-state index is 0.327. The topological polar surface area (TPSA) is 40.5 Å². The SMILES string of the molecule is C[Si](C)(C)/C=C(\[C@H](O)CCc1ccccc1)[C@@H](O)C1CCCCC1. The molecular weight excluding hydrogens is 312 g/mol. The predicted octanol–water partition coefficient (Wildman–Crippen LogP) is 4.73.